The van der Waals surface area contributed by atoms with Gasteiger partial charge in [-0.1, -0.05) is 43.4 Å². The molecule has 0 atom stereocenters. The van der Waals surface area contributed by atoms with E-state index in [0.29, 0.717) is 12.4 Å². The highest BCUT2D eigenvalue weighted by atomic mass is 16.2. The fourth-order valence-electron chi connectivity index (χ4n) is 4.13. The second-order valence-electron chi connectivity index (χ2n) is 8.76. The third kappa shape index (κ3) is 6.06. The molecule has 2 aromatic heterocycles. The van der Waals surface area contributed by atoms with Crippen LogP contribution in [-0.4, -0.2) is 33.9 Å². The van der Waals surface area contributed by atoms with Crippen LogP contribution in [0.5, 0.6) is 0 Å². The third-order valence-electron chi connectivity index (χ3n) is 6.09. The van der Waals surface area contributed by atoms with E-state index in [4.69, 9.17) is 4.98 Å². The molecule has 1 aromatic carbocycles. The highest BCUT2D eigenvalue weighted by molar-refractivity contribution is 5.91. The number of aromatic amines is 1. The number of H-pyrrole nitrogens is 1. The molecule has 1 aliphatic heterocycles. The largest absolute Gasteiger partial charge is 0.342 e. The average molecular weight is 495 g/mol. The number of hydrogen-bond acceptors (Lipinski definition) is 5. The maximum absolute atomic E-state index is 13.0. The van der Waals surface area contributed by atoms with Crippen molar-refractivity contribution < 1.29 is 4.79 Å². The molecule has 37 heavy (non-hydrogen) atoms. The van der Waals surface area contributed by atoms with E-state index in [1.807, 2.05) is 104 Å². The van der Waals surface area contributed by atoms with Crippen molar-refractivity contribution in [3.05, 3.63) is 96.0 Å². The minimum absolute atomic E-state index is 0.107. The van der Waals surface area contributed by atoms with Gasteiger partial charge in [-0.3, -0.25) is 15.2 Å². The Kier molecular flexibility index (Phi) is 8.36. The van der Waals surface area contributed by atoms with Gasteiger partial charge in [0.25, 0.3) is 5.91 Å². The topological polar surface area (TPSA) is 77.2 Å². The zero-order chi connectivity index (χ0) is 26.2. The lowest BCUT2D eigenvalue weighted by Gasteiger charge is -2.25. The molecule has 7 nitrogen and oxygen atoms in total. The van der Waals surface area contributed by atoms with Gasteiger partial charge in [0.1, 0.15) is 12.4 Å². The first-order valence-electron chi connectivity index (χ1n) is 12.6. The van der Waals surface area contributed by atoms with Gasteiger partial charge in [-0.25, -0.2) is 9.97 Å². The van der Waals surface area contributed by atoms with E-state index in [1.54, 1.807) is 6.20 Å². The zero-order valence-corrected chi connectivity index (χ0v) is 21.9. The minimum Gasteiger partial charge on any atom is -0.342 e. The normalized spacial score (nSPS) is 14.6. The second kappa shape index (κ2) is 12.0. The standard InChI is InChI=1S/C30H34N6O/c1-5-8-10-12-23(7-3)20-36-30-27(14-11-19-31-30)35(21-28(37)34-36)25-17-15-24(16-18-25)29-32-22(4)26(33-29)13-9-6-2/h5,7-19H,6,20-21H2,1-4H3,(H,32,33)(H,34,37)/b8-5-,12-10-,13-9-,23-7+. The summed E-state index contributed by atoms with van der Waals surface area (Å²) in [5, 5.41) is 1.82. The SMILES string of the molecule is C\C=C/C=C\C(=C/C)CN1NC(=O)CN(c2ccc(-c3nc(/C=C\CC)c(C)[nH]3)cc2)c2cccnc21. The van der Waals surface area contributed by atoms with Crippen LogP contribution in [0, 0.1) is 6.92 Å². The van der Waals surface area contributed by atoms with Crippen LogP contribution in [0.2, 0.25) is 0 Å². The van der Waals surface area contributed by atoms with Crippen LogP contribution in [0.1, 0.15) is 38.6 Å². The van der Waals surface area contributed by atoms with E-state index in [2.05, 4.69) is 28.4 Å². The molecule has 190 valence electrons. The lowest BCUT2D eigenvalue weighted by molar-refractivity contribution is -0.119. The minimum atomic E-state index is -0.107. The number of hydrogen-bond donors (Lipinski definition) is 2. The molecule has 4 rings (SSSR count). The van der Waals surface area contributed by atoms with Crippen LogP contribution in [0.3, 0.4) is 0 Å². The average Bonchev–Trinajstić information content (AvgIpc) is 3.22. The number of carbonyl (C=O) groups is 1. The molecule has 3 aromatic rings. The zero-order valence-electron chi connectivity index (χ0n) is 21.9. The number of amides is 1. The lowest BCUT2D eigenvalue weighted by atomic mass is 10.1. The smallest absolute Gasteiger partial charge is 0.258 e. The molecule has 1 aliphatic rings. The molecule has 0 unspecified atom stereocenters. The predicted molar refractivity (Wildman–Crippen MR) is 153 cm³/mol. The first-order valence-corrected chi connectivity index (χ1v) is 12.6. The predicted octanol–water partition coefficient (Wildman–Crippen LogP) is 6.27. The number of rotatable bonds is 8. The van der Waals surface area contributed by atoms with Crippen molar-refractivity contribution >= 4 is 29.2 Å². The number of hydrazine groups is 1. The number of aromatic nitrogens is 3. The van der Waals surface area contributed by atoms with Crippen LogP contribution in [0.15, 0.2) is 84.6 Å². The van der Waals surface area contributed by atoms with Crippen molar-refractivity contribution in [1.82, 2.24) is 20.4 Å². The summed E-state index contributed by atoms with van der Waals surface area (Å²) in [6.45, 7) is 8.79. The second-order valence-corrected chi connectivity index (χ2v) is 8.76. The van der Waals surface area contributed by atoms with Gasteiger partial charge in [0, 0.05) is 23.1 Å². The fourth-order valence-corrected chi connectivity index (χ4v) is 4.13. The van der Waals surface area contributed by atoms with Crippen molar-refractivity contribution in [2.45, 2.75) is 34.1 Å². The lowest BCUT2D eigenvalue weighted by Crippen LogP contribution is -2.44. The molecule has 1 amide bonds. The molecule has 0 aliphatic carbocycles. The van der Waals surface area contributed by atoms with Gasteiger partial charge in [0.2, 0.25) is 0 Å². The van der Waals surface area contributed by atoms with E-state index in [1.165, 1.54) is 0 Å². The molecule has 0 radical (unpaired) electrons. The summed E-state index contributed by atoms with van der Waals surface area (Å²) in [5.74, 6) is 1.42. The summed E-state index contributed by atoms with van der Waals surface area (Å²) < 4.78 is 0. The number of nitrogens with zero attached hydrogens (tertiary/aromatic N) is 4. The van der Waals surface area contributed by atoms with Crippen molar-refractivity contribution in [3.8, 4) is 11.4 Å². The van der Waals surface area contributed by atoms with E-state index < -0.39 is 0 Å². The van der Waals surface area contributed by atoms with Gasteiger partial charge in [0.15, 0.2) is 5.82 Å². The van der Waals surface area contributed by atoms with Gasteiger partial charge < -0.3 is 9.88 Å². The highest BCUT2D eigenvalue weighted by Gasteiger charge is 2.27. The van der Waals surface area contributed by atoms with Crippen molar-refractivity contribution in [2.75, 3.05) is 23.0 Å². The van der Waals surface area contributed by atoms with E-state index in [-0.39, 0.29) is 12.5 Å². The van der Waals surface area contributed by atoms with Crippen LogP contribution in [0.25, 0.3) is 17.5 Å². The number of aryl methyl sites for hydroxylation is 1. The molecule has 2 N–H and O–H groups in total. The first kappa shape index (κ1) is 25.7. The molecule has 0 spiro atoms. The third-order valence-corrected chi connectivity index (χ3v) is 6.09. The number of fused-ring (bicyclic) bond motifs is 1. The van der Waals surface area contributed by atoms with E-state index in [0.717, 1.165) is 46.1 Å². The Labute approximate surface area is 218 Å². The Bertz CT molecular complexity index is 1350. The number of allylic oxidation sites excluding steroid dienone is 5. The molecule has 0 fully saturated rings. The number of pyridine rings is 1. The first-order chi connectivity index (χ1) is 18.0. The summed E-state index contributed by atoms with van der Waals surface area (Å²) in [5.41, 5.74) is 8.84. The van der Waals surface area contributed by atoms with Gasteiger partial charge in [0.05, 0.1) is 17.9 Å². The van der Waals surface area contributed by atoms with E-state index in [9.17, 15) is 4.79 Å². The number of imidazole rings is 1. The highest BCUT2D eigenvalue weighted by Crippen LogP contribution is 2.35. The maximum Gasteiger partial charge on any atom is 0.258 e. The maximum atomic E-state index is 13.0. The fraction of sp³-hybridized carbons (Fsp3) is 0.233. The van der Waals surface area contributed by atoms with Crippen LogP contribution in [-0.2, 0) is 4.79 Å². The summed E-state index contributed by atoms with van der Waals surface area (Å²) in [7, 11) is 0. The molecule has 0 bridgehead atoms. The summed E-state index contributed by atoms with van der Waals surface area (Å²) in [4.78, 5) is 27.8. The van der Waals surface area contributed by atoms with Gasteiger partial charge >= 0.3 is 0 Å². The van der Waals surface area contributed by atoms with Gasteiger partial charge in [-0.05, 0) is 75.2 Å². The molecule has 3 heterocycles. The van der Waals surface area contributed by atoms with E-state index >= 15 is 0 Å². The quantitative estimate of drug-likeness (QED) is 0.361. The number of carbonyl (C=O) groups excluding carboxylic acids is 1. The molecule has 0 saturated carbocycles. The Morgan fingerprint density at radius 1 is 1.14 bits per heavy atom. The Hall–Kier alpha value is -4.39. The number of benzene rings is 1. The monoisotopic (exact) mass is 494 g/mol. The Balaban J connectivity index is 1.63. The van der Waals surface area contributed by atoms with Gasteiger partial charge in [-0.2, -0.15) is 0 Å². The van der Waals surface area contributed by atoms with Crippen molar-refractivity contribution in [2.24, 2.45) is 0 Å². The molecule has 0 saturated heterocycles. The van der Waals surface area contributed by atoms with Crippen LogP contribution >= 0.6 is 0 Å². The van der Waals surface area contributed by atoms with Crippen molar-refractivity contribution in [1.29, 1.82) is 0 Å². The van der Waals surface area contributed by atoms with Crippen LogP contribution < -0.4 is 15.3 Å². The molecular weight excluding hydrogens is 460 g/mol. The van der Waals surface area contributed by atoms with Crippen molar-refractivity contribution in [3.63, 3.8) is 0 Å². The number of nitrogens with one attached hydrogen (secondary N) is 2. The van der Waals surface area contributed by atoms with Crippen LogP contribution in [0.4, 0.5) is 17.2 Å². The Morgan fingerprint density at radius 2 is 1.95 bits per heavy atom. The summed E-state index contributed by atoms with van der Waals surface area (Å²) in [6, 6.07) is 12.0. The molecular formula is C30H34N6O. The Morgan fingerprint density at radius 3 is 2.68 bits per heavy atom. The summed E-state index contributed by atoms with van der Waals surface area (Å²) >= 11 is 0. The van der Waals surface area contributed by atoms with Gasteiger partial charge in [-0.15, -0.1) is 0 Å². The number of anilines is 3. The summed E-state index contributed by atoms with van der Waals surface area (Å²) in [6.07, 6.45) is 16.9. The molecule has 7 heteroatoms.